The van der Waals surface area contributed by atoms with Gasteiger partial charge in [0.2, 0.25) is 0 Å². The minimum absolute atomic E-state index is 0.0833. The molecule has 0 spiro atoms. The Labute approximate surface area is 268 Å². The maximum absolute atomic E-state index is 12.8. The molecule has 0 fully saturated rings. The van der Waals surface area contributed by atoms with Gasteiger partial charge in [0, 0.05) is 22.2 Å². The van der Waals surface area contributed by atoms with Gasteiger partial charge in [-0.05, 0) is 84.9 Å². The van der Waals surface area contributed by atoms with Crippen molar-refractivity contribution in [2.75, 3.05) is 0 Å². The van der Waals surface area contributed by atoms with Gasteiger partial charge in [-0.2, -0.15) is 0 Å². The number of carbonyl (C=O) groups excluding carboxylic acids is 2. The number of hydrogen-bond donors (Lipinski definition) is 2. The zero-order valence-corrected chi connectivity index (χ0v) is 24.7. The molecule has 0 atom stereocenters. The van der Waals surface area contributed by atoms with Gasteiger partial charge in [0.25, 0.3) is 0 Å². The Bertz CT molecular complexity index is 2160. The van der Waals surface area contributed by atoms with E-state index in [0.29, 0.717) is 32.1 Å². The largest absolute Gasteiger partial charge is 0.505 e. The van der Waals surface area contributed by atoms with Gasteiger partial charge in [-0.25, -0.2) is 9.59 Å². The molecule has 0 saturated carbocycles. The summed E-state index contributed by atoms with van der Waals surface area (Å²) < 4.78 is 10.8. The molecule has 46 heavy (non-hydrogen) atoms. The molecular weight excluding hydrogens is 635 g/mol. The van der Waals surface area contributed by atoms with Crippen LogP contribution in [-0.4, -0.2) is 52.1 Å². The van der Waals surface area contributed by atoms with Gasteiger partial charge in [-0.3, -0.25) is 0 Å². The van der Waals surface area contributed by atoms with Crippen molar-refractivity contribution in [3.8, 4) is 34.4 Å². The Morgan fingerprint density at radius 2 is 0.913 bits per heavy atom. The lowest BCUT2D eigenvalue weighted by atomic mass is 10.1. The van der Waals surface area contributed by atoms with Gasteiger partial charge in [-0.1, -0.05) is 23.2 Å². The summed E-state index contributed by atoms with van der Waals surface area (Å²) in [6.07, 6.45) is 0. The van der Waals surface area contributed by atoms with E-state index < -0.39 is 11.9 Å². The number of nitrogens with zero attached hydrogens (tertiary/aromatic N) is 6. The molecule has 7 aromatic rings. The number of ether oxygens (including phenoxy) is 2. The van der Waals surface area contributed by atoms with E-state index in [9.17, 15) is 19.8 Å². The number of hydrogen-bond acceptors (Lipinski definition) is 10. The number of aromatic nitrogens is 6. The smallest absolute Gasteiger partial charge is 0.343 e. The summed E-state index contributed by atoms with van der Waals surface area (Å²) in [4.78, 5) is 28.0. The topological polar surface area (TPSA) is 154 Å². The quantitative estimate of drug-likeness (QED) is 0.154. The Morgan fingerprint density at radius 3 is 1.30 bits per heavy atom. The molecule has 0 amide bonds. The summed E-state index contributed by atoms with van der Waals surface area (Å²) in [5.41, 5.74) is 3.13. The number of aromatic hydroxyl groups is 2. The van der Waals surface area contributed by atoms with Crippen molar-refractivity contribution in [3.05, 3.63) is 118 Å². The molecule has 0 saturated heterocycles. The lowest BCUT2D eigenvalue weighted by Gasteiger charge is -2.09. The highest BCUT2D eigenvalue weighted by atomic mass is 35.5. The Hall–Kier alpha value is -5.98. The first kappa shape index (κ1) is 28.8. The van der Waals surface area contributed by atoms with Crippen LogP contribution in [0.2, 0.25) is 10.0 Å². The average Bonchev–Trinajstić information content (AvgIpc) is 3.64. The van der Waals surface area contributed by atoms with Crippen molar-refractivity contribution in [1.82, 2.24) is 30.0 Å². The molecule has 7 rings (SSSR count). The second-order valence-electron chi connectivity index (χ2n) is 9.90. The maximum atomic E-state index is 12.8. The lowest BCUT2D eigenvalue weighted by Crippen LogP contribution is -2.11. The summed E-state index contributed by atoms with van der Waals surface area (Å²) in [7, 11) is 0. The normalized spacial score (nSPS) is 11.2. The second-order valence-corrected chi connectivity index (χ2v) is 10.8. The van der Waals surface area contributed by atoms with Crippen LogP contribution in [0.15, 0.2) is 97.1 Å². The third-order valence-electron chi connectivity index (χ3n) is 6.79. The van der Waals surface area contributed by atoms with E-state index in [1.165, 1.54) is 70.3 Å². The number of rotatable bonds is 6. The molecule has 5 aromatic carbocycles. The number of fused-ring (bicyclic) bond motifs is 2. The zero-order chi connectivity index (χ0) is 31.9. The van der Waals surface area contributed by atoms with Gasteiger partial charge in [0.15, 0.2) is 0 Å². The van der Waals surface area contributed by atoms with Gasteiger partial charge in [0.05, 0.1) is 11.1 Å². The summed E-state index contributed by atoms with van der Waals surface area (Å²) in [6, 6.07) is 24.2. The third-order valence-corrected chi connectivity index (χ3v) is 7.26. The van der Waals surface area contributed by atoms with Crippen LogP contribution in [0, 0.1) is 0 Å². The fourth-order valence-electron chi connectivity index (χ4n) is 4.54. The molecule has 0 aliphatic rings. The van der Waals surface area contributed by atoms with Crippen LogP contribution in [0.1, 0.15) is 20.7 Å². The number of carbonyl (C=O) groups is 2. The van der Waals surface area contributed by atoms with Gasteiger partial charge in [0.1, 0.15) is 56.4 Å². The first-order valence-corrected chi connectivity index (χ1v) is 14.2. The van der Waals surface area contributed by atoms with Crippen LogP contribution in [0.3, 0.4) is 0 Å². The van der Waals surface area contributed by atoms with E-state index in [2.05, 4.69) is 20.4 Å². The number of phenols is 2. The highest BCUT2D eigenvalue weighted by molar-refractivity contribution is 6.31. The zero-order valence-electron chi connectivity index (χ0n) is 23.2. The fourth-order valence-corrected chi connectivity index (χ4v) is 4.87. The molecule has 14 heteroatoms. The predicted octanol–water partition coefficient (Wildman–Crippen LogP) is 6.31. The molecule has 2 aromatic heterocycles. The minimum atomic E-state index is -0.715. The number of halogens is 2. The molecule has 12 nitrogen and oxygen atoms in total. The van der Waals surface area contributed by atoms with Crippen LogP contribution < -0.4 is 9.47 Å². The van der Waals surface area contributed by atoms with Crippen LogP contribution in [0.4, 0.5) is 0 Å². The Balaban J connectivity index is 1.00. The maximum Gasteiger partial charge on any atom is 0.343 e. The summed E-state index contributed by atoms with van der Waals surface area (Å²) >= 11 is 12.0. The van der Waals surface area contributed by atoms with Gasteiger partial charge < -0.3 is 19.7 Å². The highest BCUT2D eigenvalue weighted by Gasteiger charge is 2.17. The molecule has 2 heterocycles. The van der Waals surface area contributed by atoms with E-state index in [0.717, 1.165) is 0 Å². The van der Waals surface area contributed by atoms with Crippen LogP contribution in [0.5, 0.6) is 23.0 Å². The molecular formula is C32H18Cl2N6O6. The van der Waals surface area contributed by atoms with Crippen LogP contribution >= 0.6 is 23.2 Å². The average molecular weight is 653 g/mol. The van der Waals surface area contributed by atoms with Crippen molar-refractivity contribution in [2.24, 2.45) is 0 Å². The first-order valence-electron chi connectivity index (χ1n) is 13.5. The summed E-state index contributed by atoms with van der Waals surface area (Å²) in [5, 5.41) is 39.4. The van der Waals surface area contributed by atoms with Crippen LogP contribution in [0.25, 0.3) is 33.4 Å². The lowest BCUT2D eigenvalue weighted by molar-refractivity contribution is 0.0720. The van der Waals surface area contributed by atoms with Crippen molar-refractivity contribution in [3.63, 3.8) is 0 Å². The van der Waals surface area contributed by atoms with Gasteiger partial charge >= 0.3 is 11.9 Å². The Morgan fingerprint density at radius 1 is 0.522 bits per heavy atom. The Kier molecular flexibility index (Phi) is 7.20. The van der Waals surface area contributed by atoms with Crippen molar-refractivity contribution in [2.45, 2.75) is 0 Å². The van der Waals surface area contributed by atoms with E-state index in [4.69, 9.17) is 32.7 Å². The van der Waals surface area contributed by atoms with E-state index in [-0.39, 0.29) is 45.5 Å². The molecule has 0 unspecified atom stereocenters. The second kappa shape index (κ2) is 11.5. The third kappa shape index (κ3) is 5.65. The number of phenolic OH excluding ortho intramolecular Hbond substituents is 2. The number of esters is 2. The van der Waals surface area contributed by atoms with Crippen LogP contribution in [-0.2, 0) is 0 Å². The molecule has 0 aliphatic heterocycles. The van der Waals surface area contributed by atoms with Crippen molar-refractivity contribution < 1.29 is 29.3 Å². The first-order chi connectivity index (χ1) is 22.2. The molecule has 0 radical (unpaired) electrons. The number of benzene rings is 5. The molecule has 2 N–H and O–H groups in total. The van der Waals surface area contributed by atoms with Crippen molar-refractivity contribution in [1.29, 1.82) is 0 Å². The van der Waals surface area contributed by atoms with Gasteiger partial charge in [-0.15, -0.1) is 30.0 Å². The molecule has 0 aliphatic carbocycles. The fraction of sp³-hybridized carbons (Fsp3) is 0. The standard InChI is InChI=1S/C32H18Cl2N6O6/c33-19-5-9-23-25(13-19)37-39(35-23)27-11-7-21(15-29(27)41)45-31(43)17-1-2-18(4-3-17)32(44)46-22-8-12-28(30(42)16-22)40-36-24-10-6-20(34)14-26(24)38-40/h1-16,41-42H. The summed E-state index contributed by atoms with van der Waals surface area (Å²) in [6.45, 7) is 0. The summed E-state index contributed by atoms with van der Waals surface area (Å²) in [5.74, 6) is -1.69. The molecule has 226 valence electrons. The van der Waals surface area contributed by atoms with Crippen molar-refractivity contribution >= 4 is 57.2 Å². The highest BCUT2D eigenvalue weighted by Crippen LogP contribution is 2.29. The van der Waals surface area contributed by atoms with E-state index in [1.54, 1.807) is 36.4 Å². The molecule has 0 bridgehead atoms. The minimum Gasteiger partial charge on any atom is -0.505 e. The van der Waals surface area contributed by atoms with E-state index in [1.807, 2.05) is 0 Å². The SMILES string of the molecule is O=C(Oc1ccc(-n2nc3ccc(Cl)cc3n2)c(O)c1)c1ccc(C(=O)Oc2ccc(-n3nc4ccc(Cl)cc4n3)c(O)c2)cc1. The van der Waals surface area contributed by atoms with E-state index >= 15 is 0 Å². The predicted molar refractivity (Wildman–Crippen MR) is 167 cm³/mol. The monoisotopic (exact) mass is 652 g/mol.